The molecule has 0 spiro atoms. The summed E-state index contributed by atoms with van der Waals surface area (Å²) in [5.41, 5.74) is 4.40. The highest BCUT2D eigenvalue weighted by molar-refractivity contribution is 6.09. The van der Waals surface area contributed by atoms with Gasteiger partial charge in [0.2, 0.25) is 5.91 Å². The Morgan fingerprint density at radius 1 is 1.17 bits per heavy atom. The average Bonchev–Trinajstić information content (AvgIpc) is 2.96. The molecule has 0 radical (unpaired) electrons. The SMILES string of the molecule is CN1C(=O)C(C)(C)c2cc3c(cc21)nc(-c1cccnc1)n3C. The van der Waals surface area contributed by atoms with Gasteiger partial charge >= 0.3 is 0 Å². The van der Waals surface area contributed by atoms with Crippen LogP contribution in [0.25, 0.3) is 22.4 Å². The summed E-state index contributed by atoms with van der Waals surface area (Å²) in [4.78, 5) is 23.1. The van der Waals surface area contributed by atoms with E-state index in [2.05, 4.69) is 15.6 Å². The number of nitrogens with zero attached hydrogens (tertiary/aromatic N) is 4. The van der Waals surface area contributed by atoms with Gasteiger partial charge in [0.15, 0.2) is 0 Å². The Bertz CT molecular complexity index is 941. The largest absolute Gasteiger partial charge is 0.327 e. The minimum Gasteiger partial charge on any atom is -0.327 e. The van der Waals surface area contributed by atoms with Crippen LogP contribution in [0.5, 0.6) is 0 Å². The third kappa shape index (κ3) is 1.76. The van der Waals surface area contributed by atoms with Crippen LogP contribution < -0.4 is 4.90 Å². The van der Waals surface area contributed by atoms with Gasteiger partial charge in [-0.1, -0.05) is 0 Å². The summed E-state index contributed by atoms with van der Waals surface area (Å²) >= 11 is 0. The zero-order valence-electron chi connectivity index (χ0n) is 13.7. The number of carbonyl (C=O) groups excluding carboxylic acids is 1. The predicted octanol–water partition coefficient (Wildman–Crippen LogP) is 2.89. The minimum atomic E-state index is -0.503. The number of carbonyl (C=O) groups is 1. The van der Waals surface area contributed by atoms with Gasteiger partial charge in [-0.05, 0) is 43.7 Å². The van der Waals surface area contributed by atoms with Crippen LogP contribution in [0.1, 0.15) is 19.4 Å². The first-order valence-corrected chi connectivity index (χ1v) is 7.61. The van der Waals surface area contributed by atoms with E-state index in [1.54, 1.807) is 11.1 Å². The molecule has 0 aliphatic carbocycles. The second-order valence-corrected chi connectivity index (χ2v) is 6.58. The normalized spacial score (nSPS) is 16.2. The summed E-state index contributed by atoms with van der Waals surface area (Å²) in [7, 11) is 3.82. The first-order chi connectivity index (χ1) is 10.9. The summed E-state index contributed by atoms with van der Waals surface area (Å²) in [5, 5.41) is 0. The fourth-order valence-corrected chi connectivity index (χ4v) is 3.40. The fraction of sp³-hybridized carbons (Fsp3) is 0.278. The molecule has 3 heterocycles. The van der Waals surface area contributed by atoms with Gasteiger partial charge in [-0.25, -0.2) is 4.98 Å². The van der Waals surface area contributed by atoms with Gasteiger partial charge in [0.05, 0.1) is 16.4 Å². The molecule has 1 aromatic carbocycles. The van der Waals surface area contributed by atoms with Gasteiger partial charge in [0.25, 0.3) is 0 Å². The number of aromatic nitrogens is 3. The zero-order valence-corrected chi connectivity index (χ0v) is 13.7. The van der Waals surface area contributed by atoms with Gasteiger partial charge < -0.3 is 9.47 Å². The van der Waals surface area contributed by atoms with Gasteiger partial charge in [0.1, 0.15) is 5.82 Å². The van der Waals surface area contributed by atoms with E-state index in [1.165, 1.54) is 0 Å². The van der Waals surface area contributed by atoms with Crippen molar-refractivity contribution in [1.82, 2.24) is 14.5 Å². The van der Waals surface area contributed by atoms with Crippen LogP contribution in [0.2, 0.25) is 0 Å². The van der Waals surface area contributed by atoms with E-state index in [4.69, 9.17) is 4.98 Å². The lowest BCUT2D eigenvalue weighted by Gasteiger charge is -2.16. The third-order valence-electron chi connectivity index (χ3n) is 4.79. The Morgan fingerprint density at radius 3 is 2.65 bits per heavy atom. The van der Waals surface area contributed by atoms with Crippen LogP contribution >= 0.6 is 0 Å². The summed E-state index contributed by atoms with van der Waals surface area (Å²) < 4.78 is 2.06. The molecule has 1 aliphatic rings. The van der Waals surface area contributed by atoms with E-state index in [0.29, 0.717) is 0 Å². The monoisotopic (exact) mass is 306 g/mol. The standard InChI is InChI=1S/C18H18N4O/c1-18(2)12-8-15-13(9-14(12)22(4)17(18)23)20-16(21(15)3)11-6-5-7-19-10-11/h5-10H,1-4H3. The molecule has 0 bridgehead atoms. The molecule has 0 fully saturated rings. The molecule has 5 nitrogen and oxygen atoms in total. The highest BCUT2D eigenvalue weighted by Gasteiger charge is 2.42. The third-order valence-corrected chi connectivity index (χ3v) is 4.79. The second-order valence-electron chi connectivity index (χ2n) is 6.58. The molecule has 23 heavy (non-hydrogen) atoms. The lowest BCUT2D eigenvalue weighted by molar-refractivity contribution is -0.121. The summed E-state index contributed by atoms with van der Waals surface area (Å²) in [5.74, 6) is 0.999. The number of likely N-dealkylation sites (N-methyl/N-ethyl adjacent to an activating group) is 1. The van der Waals surface area contributed by atoms with Crippen molar-refractivity contribution < 1.29 is 4.79 Å². The van der Waals surface area contributed by atoms with Crippen LogP contribution in [0, 0.1) is 0 Å². The highest BCUT2D eigenvalue weighted by Crippen LogP contribution is 2.43. The predicted molar refractivity (Wildman–Crippen MR) is 90.4 cm³/mol. The number of amides is 1. The Kier molecular flexibility index (Phi) is 2.67. The van der Waals surface area contributed by atoms with E-state index in [9.17, 15) is 4.79 Å². The van der Waals surface area contributed by atoms with E-state index in [0.717, 1.165) is 33.7 Å². The van der Waals surface area contributed by atoms with Gasteiger partial charge in [0, 0.05) is 37.7 Å². The molecule has 5 heteroatoms. The molecule has 1 aliphatic heterocycles. The van der Waals surface area contributed by atoms with E-state index in [-0.39, 0.29) is 5.91 Å². The Labute approximate surface area is 134 Å². The fourth-order valence-electron chi connectivity index (χ4n) is 3.40. The van der Waals surface area contributed by atoms with Gasteiger partial charge in [-0.15, -0.1) is 0 Å². The second kappa shape index (κ2) is 4.41. The molecular formula is C18H18N4O. The lowest BCUT2D eigenvalue weighted by Crippen LogP contribution is -2.33. The van der Waals surface area contributed by atoms with Crippen molar-refractivity contribution in [2.24, 2.45) is 7.05 Å². The smallest absolute Gasteiger partial charge is 0.236 e. The molecular weight excluding hydrogens is 288 g/mol. The van der Waals surface area contributed by atoms with Gasteiger partial charge in [-0.2, -0.15) is 0 Å². The van der Waals surface area contributed by atoms with Crippen molar-refractivity contribution in [3.63, 3.8) is 0 Å². The number of aryl methyl sites for hydroxylation is 1. The Morgan fingerprint density at radius 2 is 1.96 bits per heavy atom. The lowest BCUT2D eigenvalue weighted by atomic mass is 9.86. The molecule has 2 aromatic heterocycles. The molecule has 0 N–H and O–H groups in total. The number of rotatable bonds is 1. The molecule has 0 unspecified atom stereocenters. The van der Waals surface area contributed by atoms with Crippen molar-refractivity contribution in [2.45, 2.75) is 19.3 Å². The van der Waals surface area contributed by atoms with Crippen LogP contribution in [0.4, 0.5) is 5.69 Å². The van der Waals surface area contributed by atoms with Crippen molar-refractivity contribution in [1.29, 1.82) is 0 Å². The summed E-state index contributed by atoms with van der Waals surface area (Å²) in [6.07, 6.45) is 3.57. The summed E-state index contributed by atoms with van der Waals surface area (Å²) in [6, 6.07) is 8.02. The number of hydrogen-bond donors (Lipinski definition) is 0. The highest BCUT2D eigenvalue weighted by atomic mass is 16.2. The maximum Gasteiger partial charge on any atom is 0.236 e. The van der Waals surface area contributed by atoms with Crippen molar-refractivity contribution >= 4 is 22.6 Å². The molecule has 4 rings (SSSR count). The molecule has 0 atom stereocenters. The number of fused-ring (bicyclic) bond motifs is 2. The first-order valence-electron chi connectivity index (χ1n) is 7.61. The maximum absolute atomic E-state index is 12.4. The van der Waals surface area contributed by atoms with Crippen LogP contribution in [0.15, 0.2) is 36.7 Å². The van der Waals surface area contributed by atoms with Crippen LogP contribution in [0.3, 0.4) is 0 Å². The Balaban J connectivity index is 1.99. The number of hydrogen-bond acceptors (Lipinski definition) is 3. The van der Waals surface area contributed by atoms with E-state index < -0.39 is 5.41 Å². The summed E-state index contributed by atoms with van der Waals surface area (Å²) in [6.45, 7) is 3.95. The van der Waals surface area contributed by atoms with E-state index >= 15 is 0 Å². The topological polar surface area (TPSA) is 51.0 Å². The molecule has 1 amide bonds. The molecule has 0 saturated heterocycles. The van der Waals surface area contributed by atoms with Gasteiger partial charge in [-0.3, -0.25) is 9.78 Å². The van der Waals surface area contributed by atoms with Crippen molar-refractivity contribution in [2.75, 3.05) is 11.9 Å². The average molecular weight is 306 g/mol. The number of anilines is 1. The molecule has 116 valence electrons. The number of benzene rings is 1. The van der Waals surface area contributed by atoms with Crippen molar-refractivity contribution in [3.8, 4) is 11.4 Å². The minimum absolute atomic E-state index is 0.121. The molecule has 3 aromatic rings. The first kappa shape index (κ1) is 13.9. The number of pyridine rings is 1. The van der Waals surface area contributed by atoms with Crippen molar-refractivity contribution in [3.05, 3.63) is 42.2 Å². The molecule has 0 saturated carbocycles. The zero-order chi connectivity index (χ0) is 16.4. The van der Waals surface area contributed by atoms with E-state index in [1.807, 2.05) is 52.3 Å². The Hall–Kier alpha value is -2.69. The van der Waals surface area contributed by atoms with Crippen LogP contribution in [-0.4, -0.2) is 27.5 Å². The maximum atomic E-state index is 12.4. The van der Waals surface area contributed by atoms with Crippen LogP contribution in [-0.2, 0) is 17.3 Å². The quantitative estimate of drug-likeness (QED) is 0.694. The number of imidazole rings is 1.